The maximum Gasteiger partial charge on any atom is 0.119 e. The second-order valence-electron chi connectivity index (χ2n) is 5.41. The first-order valence-electron chi connectivity index (χ1n) is 7.75. The number of hydrogen-bond donors (Lipinski definition) is 1. The number of hydrogen-bond acceptors (Lipinski definition) is 3. The fraction of sp³-hybridized carbons (Fsp3) is 0.444. The van der Waals surface area contributed by atoms with E-state index in [9.17, 15) is 0 Å². The first kappa shape index (κ1) is 15.6. The van der Waals surface area contributed by atoms with Crippen molar-refractivity contribution in [2.45, 2.75) is 45.7 Å². The number of furan rings is 1. The van der Waals surface area contributed by atoms with Gasteiger partial charge in [0, 0.05) is 19.0 Å². The van der Waals surface area contributed by atoms with Crippen molar-refractivity contribution in [1.82, 2.24) is 5.32 Å². The Morgan fingerprint density at radius 3 is 2.67 bits per heavy atom. The number of rotatable bonds is 9. The summed E-state index contributed by atoms with van der Waals surface area (Å²) in [5, 5.41) is 3.51. The Balaban J connectivity index is 1.72. The molecule has 0 aliphatic carbocycles. The van der Waals surface area contributed by atoms with Crippen LogP contribution in [0.4, 0.5) is 0 Å². The molecule has 0 fully saturated rings. The zero-order valence-electron chi connectivity index (χ0n) is 13.0. The Kier molecular flexibility index (Phi) is 6.35. The number of benzene rings is 1. The van der Waals surface area contributed by atoms with Crippen LogP contribution in [0.5, 0.6) is 5.75 Å². The standard InChI is InChI=1S/C18H25NO2/c1-3-4-11-20-17-9-7-16(8-10-17)14-19-15(2)13-18-6-5-12-21-18/h5-10,12,15,19H,3-4,11,13-14H2,1-2H3. The molecule has 0 aliphatic heterocycles. The van der Waals surface area contributed by atoms with Crippen molar-refractivity contribution in [2.75, 3.05) is 6.61 Å². The lowest BCUT2D eigenvalue weighted by Crippen LogP contribution is -2.27. The van der Waals surface area contributed by atoms with Crippen LogP contribution in [0.3, 0.4) is 0 Å². The van der Waals surface area contributed by atoms with Gasteiger partial charge in [-0.15, -0.1) is 0 Å². The number of nitrogens with one attached hydrogen (secondary N) is 1. The van der Waals surface area contributed by atoms with Crippen molar-refractivity contribution >= 4 is 0 Å². The summed E-state index contributed by atoms with van der Waals surface area (Å²) in [6.07, 6.45) is 4.90. The molecule has 21 heavy (non-hydrogen) atoms. The molecule has 114 valence electrons. The van der Waals surface area contributed by atoms with Gasteiger partial charge in [-0.05, 0) is 43.2 Å². The molecule has 0 aliphatic rings. The van der Waals surface area contributed by atoms with Gasteiger partial charge in [0.15, 0.2) is 0 Å². The average molecular weight is 287 g/mol. The lowest BCUT2D eigenvalue weighted by Gasteiger charge is -2.13. The van der Waals surface area contributed by atoms with E-state index in [4.69, 9.17) is 9.15 Å². The molecule has 1 unspecified atom stereocenters. The third kappa shape index (κ3) is 5.64. The molecule has 3 heteroatoms. The van der Waals surface area contributed by atoms with Gasteiger partial charge in [-0.3, -0.25) is 0 Å². The highest BCUT2D eigenvalue weighted by Crippen LogP contribution is 2.13. The Hall–Kier alpha value is -1.74. The van der Waals surface area contributed by atoms with Crippen LogP contribution in [-0.2, 0) is 13.0 Å². The van der Waals surface area contributed by atoms with Gasteiger partial charge in [0.25, 0.3) is 0 Å². The van der Waals surface area contributed by atoms with Crippen LogP contribution in [0.25, 0.3) is 0 Å². The molecule has 0 saturated heterocycles. The average Bonchev–Trinajstić information content (AvgIpc) is 2.99. The maximum atomic E-state index is 5.66. The Morgan fingerprint density at radius 2 is 2.00 bits per heavy atom. The van der Waals surface area contributed by atoms with Gasteiger partial charge < -0.3 is 14.5 Å². The van der Waals surface area contributed by atoms with Gasteiger partial charge in [0.2, 0.25) is 0 Å². The molecule has 2 aromatic rings. The quantitative estimate of drug-likeness (QED) is 0.703. The Labute approximate surface area is 127 Å². The zero-order chi connectivity index (χ0) is 14.9. The molecule has 0 radical (unpaired) electrons. The molecule has 1 atom stereocenters. The topological polar surface area (TPSA) is 34.4 Å². The molecule has 0 spiro atoms. The highest BCUT2D eigenvalue weighted by atomic mass is 16.5. The van der Waals surface area contributed by atoms with Crippen molar-refractivity contribution in [3.05, 3.63) is 54.0 Å². The predicted molar refractivity (Wildman–Crippen MR) is 85.6 cm³/mol. The van der Waals surface area contributed by atoms with Crippen LogP contribution < -0.4 is 10.1 Å². The number of ether oxygens (including phenoxy) is 1. The summed E-state index contributed by atoms with van der Waals surface area (Å²) in [5.74, 6) is 1.98. The molecule has 1 aromatic carbocycles. The van der Waals surface area contributed by atoms with E-state index in [1.54, 1.807) is 6.26 Å². The summed E-state index contributed by atoms with van der Waals surface area (Å²) >= 11 is 0. The van der Waals surface area contributed by atoms with Gasteiger partial charge >= 0.3 is 0 Å². The molecular formula is C18H25NO2. The largest absolute Gasteiger partial charge is 0.494 e. The monoisotopic (exact) mass is 287 g/mol. The first-order chi connectivity index (χ1) is 10.3. The second-order valence-corrected chi connectivity index (χ2v) is 5.41. The minimum atomic E-state index is 0.386. The van der Waals surface area contributed by atoms with Gasteiger partial charge in [-0.25, -0.2) is 0 Å². The van der Waals surface area contributed by atoms with E-state index in [-0.39, 0.29) is 0 Å². The third-order valence-corrected chi connectivity index (χ3v) is 3.43. The molecule has 2 rings (SSSR count). The van der Waals surface area contributed by atoms with Crippen LogP contribution in [0.2, 0.25) is 0 Å². The van der Waals surface area contributed by atoms with Crippen LogP contribution in [0.1, 0.15) is 38.0 Å². The van der Waals surface area contributed by atoms with Gasteiger partial charge in [-0.2, -0.15) is 0 Å². The van der Waals surface area contributed by atoms with Gasteiger partial charge in [-0.1, -0.05) is 25.5 Å². The summed E-state index contributed by atoms with van der Waals surface area (Å²) < 4.78 is 11.0. The predicted octanol–water partition coefficient (Wildman–Crippen LogP) is 4.18. The highest BCUT2D eigenvalue weighted by Gasteiger charge is 2.05. The smallest absolute Gasteiger partial charge is 0.119 e. The van der Waals surface area contributed by atoms with E-state index in [0.717, 1.165) is 43.9 Å². The minimum absolute atomic E-state index is 0.386. The molecule has 0 saturated carbocycles. The van der Waals surface area contributed by atoms with Gasteiger partial charge in [0.1, 0.15) is 11.5 Å². The summed E-state index contributed by atoms with van der Waals surface area (Å²) in [4.78, 5) is 0. The maximum absolute atomic E-state index is 5.66. The minimum Gasteiger partial charge on any atom is -0.494 e. The van der Waals surface area contributed by atoms with Crippen LogP contribution in [0.15, 0.2) is 47.1 Å². The molecule has 1 heterocycles. The summed E-state index contributed by atoms with van der Waals surface area (Å²) in [5.41, 5.74) is 1.27. The summed E-state index contributed by atoms with van der Waals surface area (Å²) in [6.45, 7) is 6.00. The fourth-order valence-electron chi connectivity index (χ4n) is 2.13. The molecular weight excluding hydrogens is 262 g/mol. The Bertz CT molecular complexity index is 490. The van der Waals surface area contributed by atoms with Crippen LogP contribution in [-0.4, -0.2) is 12.6 Å². The summed E-state index contributed by atoms with van der Waals surface area (Å²) in [6, 6.07) is 12.7. The zero-order valence-corrected chi connectivity index (χ0v) is 13.0. The Morgan fingerprint density at radius 1 is 1.19 bits per heavy atom. The summed E-state index contributed by atoms with van der Waals surface area (Å²) in [7, 11) is 0. The van der Waals surface area contributed by atoms with E-state index in [1.807, 2.05) is 24.3 Å². The molecule has 1 aromatic heterocycles. The first-order valence-corrected chi connectivity index (χ1v) is 7.75. The third-order valence-electron chi connectivity index (χ3n) is 3.43. The van der Waals surface area contributed by atoms with Gasteiger partial charge in [0.05, 0.1) is 12.9 Å². The van der Waals surface area contributed by atoms with Crippen LogP contribution >= 0.6 is 0 Å². The molecule has 1 N–H and O–H groups in total. The second kappa shape index (κ2) is 8.53. The van der Waals surface area contributed by atoms with Crippen LogP contribution in [0, 0.1) is 0 Å². The van der Waals surface area contributed by atoms with E-state index in [1.165, 1.54) is 5.56 Å². The van der Waals surface area contributed by atoms with Crippen molar-refractivity contribution in [3.8, 4) is 5.75 Å². The van der Waals surface area contributed by atoms with Crippen molar-refractivity contribution < 1.29 is 9.15 Å². The van der Waals surface area contributed by atoms with E-state index in [0.29, 0.717) is 6.04 Å². The van der Waals surface area contributed by atoms with Crippen molar-refractivity contribution in [1.29, 1.82) is 0 Å². The number of unbranched alkanes of at least 4 members (excludes halogenated alkanes) is 1. The molecule has 0 amide bonds. The lowest BCUT2D eigenvalue weighted by atomic mass is 10.1. The van der Waals surface area contributed by atoms with E-state index >= 15 is 0 Å². The fourth-order valence-corrected chi connectivity index (χ4v) is 2.13. The normalized spacial score (nSPS) is 12.3. The van der Waals surface area contributed by atoms with Crippen molar-refractivity contribution in [2.24, 2.45) is 0 Å². The molecule has 0 bridgehead atoms. The molecule has 3 nitrogen and oxygen atoms in total. The van der Waals surface area contributed by atoms with Crippen molar-refractivity contribution in [3.63, 3.8) is 0 Å². The SMILES string of the molecule is CCCCOc1ccc(CNC(C)Cc2ccco2)cc1. The highest BCUT2D eigenvalue weighted by molar-refractivity contribution is 5.27. The van der Waals surface area contributed by atoms with E-state index in [2.05, 4.69) is 31.3 Å². The lowest BCUT2D eigenvalue weighted by molar-refractivity contribution is 0.309. The van der Waals surface area contributed by atoms with E-state index < -0.39 is 0 Å².